The second-order valence-electron chi connectivity index (χ2n) is 6.27. The van der Waals surface area contributed by atoms with Crippen LogP contribution >= 0.6 is 0 Å². The van der Waals surface area contributed by atoms with Crippen LogP contribution in [-0.4, -0.2) is 37.8 Å². The molecule has 0 aromatic heterocycles. The predicted molar refractivity (Wildman–Crippen MR) is 102 cm³/mol. The molecule has 6 heteroatoms. The zero-order chi connectivity index (χ0) is 19.6. The largest absolute Gasteiger partial charge is 0.493 e. The summed E-state index contributed by atoms with van der Waals surface area (Å²) >= 11 is 0. The Kier molecular flexibility index (Phi) is 9.13. The topological polar surface area (TPSA) is 73.9 Å². The molecule has 0 aliphatic carbocycles. The highest BCUT2D eigenvalue weighted by atomic mass is 16.5. The SMILES string of the molecule is CCCC[C@](C)(OCC)C(=O)Nc1ccc(OCCC)c(C(=O)OC)c1. The summed E-state index contributed by atoms with van der Waals surface area (Å²) in [7, 11) is 1.31. The molecule has 0 radical (unpaired) electrons. The van der Waals surface area contributed by atoms with Gasteiger partial charge in [0.2, 0.25) is 0 Å². The van der Waals surface area contributed by atoms with Gasteiger partial charge in [0.05, 0.1) is 13.7 Å². The van der Waals surface area contributed by atoms with E-state index in [2.05, 4.69) is 12.2 Å². The molecule has 0 heterocycles. The van der Waals surface area contributed by atoms with E-state index in [-0.39, 0.29) is 11.5 Å². The minimum absolute atomic E-state index is 0.231. The molecule has 1 amide bonds. The number of methoxy groups -OCH3 is 1. The number of unbranched alkanes of at least 4 members (excludes halogenated alkanes) is 1. The summed E-state index contributed by atoms with van der Waals surface area (Å²) in [4.78, 5) is 24.8. The Labute approximate surface area is 156 Å². The first-order valence-corrected chi connectivity index (χ1v) is 9.22. The molecule has 0 unspecified atom stereocenters. The van der Waals surface area contributed by atoms with Crippen molar-refractivity contribution < 1.29 is 23.8 Å². The van der Waals surface area contributed by atoms with Gasteiger partial charge < -0.3 is 19.5 Å². The van der Waals surface area contributed by atoms with E-state index in [1.165, 1.54) is 7.11 Å². The third-order valence-electron chi connectivity index (χ3n) is 4.06. The first-order chi connectivity index (χ1) is 12.4. The van der Waals surface area contributed by atoms with E-state index in [9.17, 15) is 9.59 Å². The molecule has 0 saturated carbocycles. The van der Waals surface area contributed by atoms with E-state index >= 15 is 0 Å². The Hall–Kier alpha value is -2.08. The summed E-state index contributed by atoms with van der Waals surface area (Å²) < 4.78 is 16.1. The number of anilines is 1. The third-order valence-corrected chi connectivity index (χ3v) is 4.06. The fraction of sp³-hybridized carbons (Fsp3) is 0.600. The molecule has 0 bridgehead atoms. The summed E-state index contributed by atoms with van der Waals surface area (Å²) in [5.74, 6) is -0.299. The molecule has 0 fully saturated rings. The van der Waals surface area contributed by atoms with Crippen LogP contribution < -0.4 is 10.1 Å². The van der Waals surface area contributed by atoms with Gasteiger partial charge in [0.15, 0.2) is 0 Å². The van der Waals surface area contributed by atoms with Crippen molar-refractivity contribution in [1.82, 2.24) is 0 Å². The zero-order valence-electron chi connectivity index (χ0n) is 16.5. The van der Waals surface area contributed by atoms with Crippen molar-refractivity contribution in [3.05, 3.63) is 23.8 Å². The van der Waals surface area contributed by atoms with E-state index in [4.69, 9.17) is 14.2 Å². The Morgan fingerprint density at radius 3 is 2.46 bits per heavy atom. The molecular weight excluding hydrogens is 334 g/mol. The summed E-state index contributed by atoms with van der Waals surface area (Å²) in [5.41, 5.74) is -0.125. The van der Waals surface area contributed by atoms with Crippen LogP contribution in [0.3, 0.4) is 0 Å². The smallest absolute Gasteiger partial charge is 0.341 e. The zero-order valence-corrected chi connectivity index (χ0v) is 16.5. The highest BCUT2D eigenvalue weighted by Crippen LogP contribution is 2.26. The highest BCUT2D eigenvalue weighted by molar-refractivity contribution is 5.99. The van der Waals surface area contributed by atoms with Gasteiger partial charge in [-0.2, -0.15) is 0 Å². The number of benzene rings is 1. The van der Waals surface area contributed by atoms with Crippen LogP contribution in [-0.2, 0) is 14.3 Å². The average Bonchev–Trinajstić information content (AvgIpc) is 2.64. The molecule has 6 nitrogen and oxygen atoms in total. The van der Waals surface area contributed by atoms with Crippen molar-refractivity contribution in [1.29, 1.82) is 0 Å². The van der Waals surface area contributed by atoms with Gasteiger partial charge >= 0.3 is 5.97 Å². The van der Waals surface area contributed by atoms with Crippen molar-refractivity contribution in [2.45, 2.75) is 59.0 Å². The number of hydrogen-bond donors (Lipinski definition) is 1. The Balaban J connectivity index is 3.03. The normalized spacial score (nSPS) is 13.0. The maximum absolute atomic E-state index is 12.8. The van der Waals surface area contributed by atoms with Gasteiger partial charge in [-0.25, -0.2) is 4.79 Å². The minimum atomic E-state index is -0.909. The maximum Gasteiger partial charge on any atom is 0.341 e. The van der Waals surface area contributed by atoms with Crippen LogP contribution in [0.1, 0.15) is 63.7 Å². The van der Waals surface area contributed by atoms with Gasteiger partial charge in [0, 0.05) is 12.3 Å². The van der Waals surface area contributed by atoms with Gasteiger partial charge in [-0.3, -0.25) is 4.79 Å². The van der Waals surface area contributed by atoms with E-state index in [0.717, 1.165) is 19.3 Å². The lowest BCUT2D eigenvalue weighted by molar-refractivity contribution is -0.139. The average molecular weight is 365 g/mol. The molecule has 1 N–H and O–H groups in total. The van der Waals surface area contributed by atoms with E-state index in [1.807, 2.05) is 13.8 Å². The van der Waals surface area contributed by atoms with E-state index in [1.54, 1.807) is 25.1 Å². The lowest BCUT2D eigenvalue weighted by Gasteiger charge is -2.28. The maximum atomic E-state index is 12.8. The Bertz CT molecular complexity index is 602. The number of nitrogens with one attached hydrogen (secondary N) is 1. The standard InChI is InChI=1S/C20H31NO5/c1-6-9-12-20(4,26-8-3)19(23)21-15-10-11-17(25-13-7-2)16(14-15)18(22)24-5/h10-11,14H,6-9,12-13H2,1-5H3,(H,21,23)/t20-/m0/s1. The van der Waals surface area contributed by atoms with E-state index in [0.29, 0.717) is 31.1 Å². The minimum Gasteiger partial charge on any atom is -0.493 e. The van der Waals surface area contributed by atoms with Crippen LogP contribution in [0.2, 0.25) is 0 Å². The van der Waals surface area contributed by atoms with E-state index < -0.39 is 11.6 Å². The number of esters is 1. The van der Waals surface area contributed by atoms with Gasteiger partial charge in [0.25, 0.3) is 5.91 Å². The van der Waals surface area contributed by atoms with Crippen LogP contribution in [0.15, 0.2) is 18.2 Å². The number of rotatable bonds is 11. The lowest BCUT2D eigenvalue weighted by atomic mass is 9.97. The summed E-state index contributed by atoms with van der Waals surface area (Å²) in [6.45, 7) is 8.66. The number of amides is 1. The van der Waals surface area contributed by atoms with Crippen molar-refractivity contribution in [2.24, 2.45) is 0 Å². The molecular formula is C20H31NO5. The van der Waals surface area contributed by atoms with Gasteiger partial charge in [-0.05, 0) is 44.9 Å². The highest BCUT2D eigenvalue weighted by Gasteiger charge is 2.33. The first-order valence-electron chi connectivity index (χ1n) is 9.22. The Morgan fingerprint density at radius 1 is 1.15 bits per heavy atom. The number of ether oxygens (including phenoxy) is 3. The molecule has 0 saturated heterocycles. The van der Waals surface area contributed by atoms with Gasteiger partial charge in [0.1, 0.15) is 16.9 Å². The molecule has 26 heavy (non-hydrogen) atoms. The second kappa shape index (κ2) is 10.8. The molecule has 0 aliphatic heterocycles. The molecule has 0 aliphatic rings. The van der Waals surface area contributed by atoms with Crippen molar-refractivity contribution in [2.75, 3.05) is 25.6 Å². The predicted octanol–water partition coefficient (Wildman–Crippen LogP) is 4.19. The number of carbonyl (C=O) groups is 2. The molecule has 1 atom stereocenters. The van der Waals surface area contributed by atoms with Crippen molar-refractivity contribution in [3.8, 4) is 5.75 Å². The van der Waals surface area contributed by atoms with Crippen LogP contribution in [0.25, 0.3) is 0 Å². The molecule has 1 aromatic carbocycles. The number of hydrogen-bond acceptors (Lipinski definition) is 5. The van der Waals surface area contributed by atoms with Crippen LogP contribution in [0, 0.1) is 0 Å². The molecule has 0 spiro atoms. The van der Waals surface area contributed by atoms with Crippen LogP contribution in [0.5, 0.6) is 5.75 Å². The van der Waals surface area contributed by atoms with Crippen molar-refractivity contribution in [3.63, 3.8) is 0 Å². The van der Waals surface area contributed by atoms with Gasteiger partial charge in [-0.1, -0.05) is 26.7 Å². The van der Waals surface area contributed by atoms with Crippen LogP contribution in [0.4, 0.5) is 5.69 Å². The molecule has 1 aromatic rings. The quantitative estimate of drug-likeness (QED) is 0.595. The van der Waals surface area contributed by atoms with Gasteiger partial charge in [-0.15, -0.1) is 0 Å². The third kappa shape index (κ3) is 6.02. The fourth-order valence-corrected chi connectivity index (χ4v) is 2.56. The lowest BCUT2D eigenvalue weighted by Crippen LogP contribution is -2.42. The Morgan fingerprint density at radius 2 is 1.88 bits per heavy atom. The molecule has 146 valence electrons. The fourth-order valence-electron chi connectivity index (χ4n) is 2.56. The summed E-state index contributed by atoms with van der Waals surface area (Å²) in [6.07, 6.45) is 3.32. The molecule has 1 rings (SSSR count). The first kappa shape index (κ1) is 22.0. The summed E-state index contributed by atoms with van der Waals surface area (Å²) in [5, 5.41) is 2.85. The monoisotopic (exact) mass is 365 g/mol. The second-order valence-corrected chi connectivity index (χ2v) is 6.27. The summed E-state index contributed by atoms with van der Waals surface area (Å²) in [6, 6.07) is 4.95. The van der Waals surface area contributed by atoms with Crippen molar-refractivity contribution >= 4 is 17.6 Å². The number of carbonyl (C=O) groups excluding carboxylic acids is 2.